The second-order valence-corrected chi connectivity index (χ2v) is 11.6. The summed E-state index contributed by atoms with van der Waals surface area (Å²) < 4.78 is 40.6. The van der Waals surface area contributed by atoms with Gasteiger partial charge in [-0.15, -0.1) is 0 Å². The number of nitrogens with zero attached hydrogens (tertiary/aromatic N) is 3. The van der Waals surface area contributed by atoms with Crippen LogP contribution in [-0.2, 0) is 15.8 Å². The van der Waals surface area contributed by atoms with Crippen molar-refractivity contribution in [3.8, 4) is 0 Å². The summed E-state index contributed by atoms with van der Waals surface area (Å²) in [7, 11) is 0. The average molecular weight is 510 g/mol. The normalized spacial score (nSPS) is 23.3. The van der Waals surface area contributed by atoms with E-state index in [0.717, 1.165) is 31.1 Å². The monoisotopic (exact) mass is 509 g/mol. The molecule has 1 unspecified atom stereocenters. The Kier molecular flexibility index (Phi) is 7.60. The van der Waals surface area contributed by atoms with E-state index in [2.05, 4.69) is 25.7 Å². The van der Waals surface area contributed by atoms with Gasteiger partial charge in [-0.1, -0.05) is 6.07 Å². The molecule has 1 aromatic rings. The molecule has 3 heterocycles. The number of carboxylic acids is 1. The van der Waals surface area contributed by atoms with Gasteiger partial charge < -0.3 is 14.9 Å². The molecule has 3 aliphatic heterocycles. The van der Waals surface area contributed by atoms with E-state index >= 15 is 0 Å². The van der Waals surface area contributed by atoms with Gasteiger partial charge in [-0.25, -0.2) is 0 Å². The summed E-state index contributed by atoms with van der Waals surface area (Å²) in [6.45, 7) is 10.3. The van der Waals surface area contributed by atoms with Crippen LogP contribution in [0.1, 0.15) is 69.9 Å². The van der Waals surface area contributed by atoms with Gasteiger partial charge in [0.1, 0.15) is 0 Å². The van der Waals surface area contributed by atoms with Gasteiger partial charge >= 0.3 is 12.1 Å². The molecule has 1 N–H and O–H groups in total. The van der Waals surface area contributed by atoms with Crippen molar-refractivity contribution in [3.05, 3.63) is 29.3 Å². The van der Waals surface area contributed by atoms with Gasteiger partial charge in [-0.3, -0.25) is 14.5 Å². The molecule has 3 aliphatic rings. The molecule has 0 bridgehead atoms. The van der Waals surface area contributed by atoms with Gasteiger partial charge in [-0.05, 0) is 83.0 Å². The highest BCUT2D eigenvalue weighted by atomic mass is 19.4. The van der Waals surface area contributed by atoms with E-state index in [0.29, 0.717) is 57.5 Å². The molecule has 36 heavy (non-hydrogen) atoms. The summed E-state index contributed by atoms with van der Waals surface area (Å²) in [5.74, 6) is -1.02. The van der Waals surface area contributed by atoms with E-state index in [-0.39, 0.29) is 23.3 Å². The number of hydrogen-bond donors (Lipinski definition) is 1. The number of benzene rings is 1. The quantitative estimate of drug-likeness (QED) is 0.630. The molecule has 0 aliphatic carbocycles. The lowest BCUT2D eigenvalue weighted by Crippen LogP contribution is -2.44. The predicted molar refractivity (Wildman–Crippen MR) is 132 cm³/mol. The lowest BCUT2D eigenvalue weighted by Gasteiger charge is -2.38. The second-order valence-electron chi connectivity index (χ2n) is 11.6. The van der Waals surface area contributed by atoms with Gasteiger partial charge in [0.15, 0.2) is 0 Å². The molecule has 3 saturated heterocycles. The van der Waals surface area contributed by atoms with Gasteiger partial charge in [0.25, 0.3) is 0 Å². The zero-order valence-corrected chi connectivity index (χ0v) is 21.5. The number of likely N-dealkylation sites (tertiary alicyclic amines) is 2. The lowest BCUT2D eigenvalue weighted by molar-refractivity contribution is -0.142. The average Bonchev–Trinajstić information content (AvgIpc) is 3.34. The molecule has 0 radical (unpaired) electrons. The van der Waals surface area contributed by atoms with Crippen molar-refractivity contribution in [1.82, 2.24) is 9.80 Å². The largest absolute Gasteiger partial charge is 0.481 e. The van der Waals surface area contributed by atoms with E-state index in [1.54, 1.807) is 6.07 Å². The smallest absolute Gasteiger partial charge is 0.416 e. The van der Waals surface area contributed by atoms with Crippen molar-refractivity contribution < 1.29 is 27.9 Å². The van der Waals surface area contributed by atoms with Crippen LogP contribution in [0.3, 0.4) is 0 Å². The van der Waals surface area contributed by atoms with Crippen molar-refractivity contribution in [3.63, 3.8) is 0 Å². The fraction of sp³-hybridized carbons (Fsp3) is 0.704. The third-order valence-electron chi connectivity index (χ3n) is 8.28. The minimum absolute atomic E-state index is 0.0120. The van der Waals surface area contributed by atoms with Crippen LogP contribution in [0.25, 0.3) is 0 Å². The number of carboxylic acid groups (broad SMARTS) is 1. The number of carbonyl (C=O) groups is 2. The Morgan fingerprint density at radius 1 is 0.889 bits per heavy atom. The van der Waals surface area contributed by atoms with Crippen LogP contribution >= 0.6 is 0 Å². The molecule has 1 amide bonds. The topological polar surface area (TPSA) is 64.1 Å². The molecule has 0 saturated carbocycles. The number of aliphatic carboxylic acids is 1. The van der Waals surface area contributed by atoms with E-state index in [4.69, 9.17) is 0 Å². The first kappa shape index (κ1) is 26.8. The lowest BCUT2D eigenvalue weighted by atomic mass is 9.86. The highest BCUT2D eigenvalue weighted by Gasteiger charge is 2.38. The Hall–Kier alpha value is -2.29. The highest BCUT2D eigenvalue weighted by molar-refractivity contribution is 5.79. The Balaban J connectivity index is 1.45. The number of halogens is 3. The zero-order valence-electron chi connectivity index (χ0n) is 21.5. The van der Waals surface area contributed by atoms with Gasteiger partial charge in [0, 0.05) is 44.0 Å². The minimum Gasteiger partial charge on any atom is -0.481 e. The van der Waals surface area contributed by atoms with Gasteiger partial charge in [0.05, 0.1) is 17.4 Å². The van der Waals surface area contributed by atoms with Crippen molar-refractivity contribution in [2.75, 3.05) is 44.2 Å². The minimum atomic E-state index is -4.44. The molecule has 200 valence electrons. The van der Waals surface area contributed by atoms with E-state index < -0.39 is 23.6 Å². The Morgan fingerprint density at radius 3 is 2.03 bits per heavy atom. The van der Waals surface area contributed by atoms with Crippen LogP contribution in [-0.4, -0.2) is 71.6 Å². The fourth-order valence-electron chi connectivity index (χ4n) is 5.95. The number of amides is 1. The van der Waals surface area contributed by atoms with Crippen LogP contribution in [0, 0.1) is 11.8 Å². The first-order valence-electron chi connectivity index (χ1n) is 13.1. The third-order valence-corrected chi connectivity index (χ3v) is 8.28. The Labute approximate surface area is 211 Å². The van der Waals surface area contributed by atoms with E-state index in [1.165, 1.54) is 6.07 Å². The standard InChI is InChI=1S/C27H38F3N3O3/c1-26(2,3)33-15-10-20(17-33)24(34)32-13-6-18(7-14-32)22-5-4-21(27(28,29)30)16-23(22)31-11-8-19(9-12-31)25(35)36/h4-5,16,18-20H,6-15,17H2,1-3H3,(H,35,36). The number of alkyl halides is 3. The van der Waals surface area contributed by atoms with Crippen molar-refractivity contribution >= 4 is 17.6 Å². The third kappa shape index (κ3) is 5.82. The number of piperidine rings is 2. The Morgan fingerprint density at radius 2 is 1.50 bits per heavy atom. The summed E-state index contributed by atoms with van der Waals surface area (Å²) >= 11 is 0. The molecule has 0 aromatic heterocycles. The van der Waals surface area contributed by atoms with Crippen LogP contribution < -0.4 is 4.90 Å². The summed E-state index contributed by atoms with van der Waals surface area (Å²) in [6.07, 6.45) is -1.30. The molecule has 1 aromatic carbocycles. The van der Waals surface area contributed by atoms with E-state index in [1.807, 2.05) is 9.80 Å². The van der Waals surface area contributed by atoms with Crippen LogP contribution in [0.15, 0.2) is 18.2 Å². The molecule has 6 nitrogen and oxygen atoms in total. The predicted octanol–water partition coefficient (Wildman–Crippen LogP) is 4.83. The fourth-order valence-corrected chi connectivity index (χ4v) is 5.95. The van der Waals surface area contributed by atoms with E-state index in [9.17, 15) is 27.9 Å². The van der Waals surface area contributed by atoms with Crippen molar-refractivity contribution in [1.29, 1.82) is 0 Å². The maximum Gasteiger partial charge on any atom is 0.416 e. The molecular formula is C27H38F3N3O3. The zero-order chi connectivity index (χ0) is 26.3. The first-order valence-corrected chi connectivity index (χ1v) is 13.1. The molecule has 4 rings (SSSR count). The maximum absolute atomic E-state index is 13.5. The number of anilines is 1. The number of rotatable bonds is 4. The summed E-state index contributed by atoms with van der Waals surface area (Å²) in [5, 5.41) is 9.30. The first-order chi connectivity index (χ1) is 16.8. The van der Waals surface area contributed by atoms with Crippen molar-refractivity contribution in [2.45, 2.75) is 70.5 Å². The van der Waals surface area contributed by atoms with Gasteiger partial charge in [-0.2, -0.15) is 13.2 Å². The molecular weight excluding hydrogens is 471 g/mol. The molecule has 0 spiro atoms. The highest BCUT2D eigenvalue weighted by Crippen LogP contribution is 2.40. The number of carbonyl (C=O) groups excluding carboxylic acids is 1. The number of hydrogen-bond acceptors (Lipinski definition) is 4. The van der Waals surface area contributed by atoms with Crippen molar-refractivity contribution in [2.24, 2.45) is 11.8 Å². The van der Waals surface area contributed by atoms with Crippen LogP contribution in [0.2, 0.25) is 0 Å². The SMILES string of the molecule is CC(C)(C)N1CCC(C(=O)N2CCC(c3ccc(C(F)(F)F)cc3N3CCC(C(=O)O)CC3)CC2)C1. The molecule has 1 atom stereocenters. The molecule has 3 fully saturated rings. The summed E-state index contributed by atoms with van der Waals surface area (Å²) in [6, 6.07) is 3.98. The Bertz CT molecular complexity index is 959. The summed E-state index contributed by atoms with van der Waals surface area (Å²) in [5.41, 5.74) is 0.803. The second kappa shape index (κ2) is 10.2. The van der Waals surface area contributed by atoms with Crippen LogP contribution in [0.4, 0.5) is 18.9 Å². The molecule has 9 heteroatoms. The summed E-state index contributed by atoms with van der Waals surface area (Å²) in [4.78, 5) is 30.7. The maximum atomic E-state index is 13.5. The van der Waals surface area contributed by atoms with Crippen LogP contribution in [0.5, 0.6) is 0 Å². The van der Waals surface area contributed by atoms with Gasteiger partial charge in [0.2, 0.25) is 5.91 Å².